The topological polar surface area (TPSA) is 68.0 Å². The molecule has 1 aromatic heterocycles. The van der Waals surface area contributed by atoms with Gasteiger partial charge < -0.3 is 5.32 Å². The minimum atomic E-state index is -0.359. The summed E-state index contributed by atoms with van der Waals surface area (Å²) in [5.74, 6) is -0.345. The Hall–Kier alpha value is -1.76. The van der Waals surface area contributed by atoms with Gasteiger partial charge in [0.25, 0.3) is 0 Å². The van der Waals surface area contributed by atoms with E-state index in [1.807, 2.05) is 0 Å². The van der Waals surface area contributed by atoms with Gasteiger partial charge in [0.05, 0.1) is 6.42 Å². The highest BCUT2D eigenvalue weighted by Gasteiger charge is 2.11. The van der Waals surface area contributed by atoms with Gasteiger partial charge in [-0.25, -0.2) is 9.02 Å². The summed E-state index contributed by atoms with van der Waals surface area (Å²) in [7, 11) is 0. The zero-order chi connectivity index (χ0) is 13.1. The maximum Gasteiger partial charge on any atom is 0.230 e. The molecule has 0 saturated heterocycles. The number of benzene rings is 1. The number of nitrogens with zero attached hydrogens (tertiary/aromatic N) is 2. The van der Waals surface area contributed by atoms with Crippen LogP contribution in [0.2, 0.25) is 0 Å². The van der Waals surface area contributed by atoms with Crippen molar-refractivity contribution in [3.05, 3.63) is 39.7 Å². The number of rotatable bonds is 3. The van der Waals surface area contributed by atoms with Crippen molar-refractivity contribution in [1.29, 1.82) is 0 Å². The molecule has 0 aliphatic rings. The number of carbonyl (C=O) groups excluding carboxylic acids is 1. The molecule has 0 fully saturated rings. The van der Waals surface area contributed by atoms with Gasteiger partial charge >= 0.3 is 0 Å². The number of aromatic nitrogens is 2. The van der Waals surface area contributed by atoms with Gasteiger partial charge in [-0.2, -0.15) is 0 Å². The van der Waals surface area contributed by atoms with E-state index in [0.29, 0.717) is 21.5 Å². The molecule has 0 unspecified atom stereocenters. The third-order valence-corrected chi connectivity index (χ3v) is 3.01. The van der Waals surface area contributed by atoms with Crippen LogP contribution in [-0.4, -0.2) is 16.2 Å². The average molecular weight is 314 g/mol. The van der Waals surface area contributed by atoms with Crippen LogP contribution in [-0.2, 0) is 11.2 Å². The number of aryl methyl sites for hydroxylation is 1. The second kappa shape index (κ2) is 5.26. The summed E-state index contributed by atoms with van der Waals surface area (Å²) in [6.45, 7) is 1.67. The standard InChI is InChI=1S/C11H9BrFN3O2/c1-6-11(16-18-15-6)14-10(17)4-7-2-3-8(13)5-9(7)12/h2-3,5H,4H2,1H3,(H,14,16,17). The lowest BCUT2D eigenvalue weighted by Gasteiger charge is -2.04. The summed E-state index contributed by atoms with van der Waals surface area (Å²) in [6.07, 6.45) is 0.104. The second-order valence-electron chi connectivity index (χ2n) is 3.66. The Balaban J connectivity index is 2.05. The normalized spacial score (nSPS) is 10.4. The molecule has 1 heterocycles. The minimum absolute atomic E-state index is 0.104. The Morgan fingerprint density at radius 1 is 1.50 bits per heavy atom. The van der Waals surface area contributed by atoms with E-state index in [2.05, 4.69) is 36.2 Å². The Labute approximate surface area is 110 Å². The first-order valence-corrected chi connectivity index (χ1v) is 5.88. The number of halogens is 2. The van der Waals surface area contributed by atoms with E-state index in [-0.39, 0.29) is 18.1 Å². The second-order valence-corrected chi connectivity index (χ2v) is 4.51. The molecule has 94 valence electrons. The molecule has 0 saturated carbocycles. The van der Waals surface area contributed by atoms with Crippen LogP contribution >= 0.6 is 15.9 Å². The molecule has 1 aromatic carbocycles. The van der Waals surface area contributed by atoms with E-state index in [9.17, 15) is 9.18 Å². The van der Waals surface area contributed by atoms with E-state index in [1.54, 1.807) is 13.0 Å². The van der Waals surface area contributed by atoms with Crippen LogP contribution in [0.15, 0.2) is 27.3 Å². The lowest BCUT2D eigenvalue weighted by molar-refractivity contribution is -0.115. The van der Waals surface area contributed by atoms with Crippen LogP contribution in [0.3, 0.4) is 0 Å². The number of nitrogens with one attached hydrogen (secondary N) is 1. The number of amides is 1. The summed E-state index contributed by atoms with van der Waals surface area (Å²) in [4.78, 5) is 11.7. The molecule has 0 atom stereocenters. The van der Waals surface area contributed by atoms with Crippen molar-refractivity contribution in [3.63, 3.8) is 0 Å². The molecule has 2 rings (SSSR count). The van der Waals surface area contributed by atoms with E-state index >= 15 is 0 Å². The minimum Gasteiger partial charge on any atom is -0.306 e. The maximum atomic E-state index is 12.9. The van der Waals surface area contributed by atoms with Gasteiger partial charge in [-0.3, -0.25) is 4.79 Å². The highest BCUT2D eigenvalue weighted by Crippen LogP contribution is 2.19. The Morgan fingerprint density at radius 3 is 2.89 bits per heavy atom. The number of carbonyl (C=O) groups is 1. The number of anilines is 1. The molecule has 0 bridgehead atoms. The quantitative estimate of drug-likeness (QED) is 0.945. The largest absolute Gasteiger partial charge is 0.306 e. The van der Waals surface area contributed by atoms with Crippen LogP contribution < -0.4 is 5.32 Å². The van der Waals surface area contributed by atoms with Crippen molar-refractivity contribution in [2.24, 2.45) is 0 Å². The molecule has 18 heavy (non-hydrogen) atoms. The highest BCUT2D eigenvalue weighted by atomic mass is 79.9. The van der Waals surface area contributed by atoms with Crippen LogP contribution in [0.25, 0.3) is 0 Å². The third-order valence-electron chi connectivity index (χ3n) is 2.28. The van der Waals surface area contributed by atoms with Crippen molar-refractivity contribution in [1.82, 2.24) is 10.3 Å². The molecular weight excluding hydrogens is 305 g/mol. The van der Waals surface area contributed by atoms with Crippen molar-refractivity contribution in [3.8, 4) is 0 Å². The lowest BCUT2D eigenvalue weighted by atomic mass is 10.1. The number of hydrogen-bond donors (Lipinski definition) is 1. The fraction of sp³-hybridized carbons (Fsp3) is 0.182. The van der Waals surface area contributed by atoms with Gasteiger partial charge in [0.15, 0.2) is 5.82 Å². The molecule has 0 aliphatic heterocycles. The Morgan fingerprint density at radius 2 is 2.28 bits per heavy atom. The zero-order valence-electron chi connectivity index (χ0n) is 9.41. The van der Waals surface area contributed by atoms with Crippen molar-refractivity contribution >= 4 is 27.7 Å². The predicted octanol–water partition coefficient (Wildman–Crippen LogP) is 2.46. The maximum absolute atomic E-state index is 12.9. The van der Waals surface area contributed by atoms with E-state index < -0.39 is 0 Å². The van der Waals surface area contributed by atoms with Crippen LogP contribution in [0.4, 0.5) is 10.2 Å². The molecule has 1 N–H and O–H groups in total. The molecule has 0 aliphatic carbocycles. The first-order chi connectivity index (χ1) is 8.56. The molecule has 0 spiro atoms. The average Bonchev–Trinajstić information content (AvgIpc) is 2.69. The van der Waals surface area contributed by atoms with Gasteiger partial charge in [0.2, 0.25) is 5.91 Å². The van der Waals surface area contributed by atoms with Crippen molar-refractivity contribution in [2.75, 3.05) is 5.32 Å². The van der Waals surface area contributed by atoms with Gasteiger partial charge in [0, 0.05) is 4.47 Å². The van der Waals surface area contributed by atoms with Gasteiger partial charge in [0.1, 0.15) is 11.5 Å². The Kier molecular flexibility index (Phi) is 3.71. The first-order valence-electron chi connectivity index (χ1n) is 5.09. The van der Waals surface area contributed by atoms with Crippen molar-refractivity contribution < 1.29 is 13.8 Å². The summed E-state index contributed by atoms with van der Waals surface area (Å²) >= 11 is 3.20. The first kappa shape index (κ1) is 12.7. The summed E-state index contributed by atoms with van der Waals surface area (Å²) in [5, 5.41) is 9.65. The molecule has 2 aromatic rings. The van der Waals surface area contributed by atoms with Crippen LogP contribution in [0, 0.1) is 12.7 Å². The fourth-order valence-electron chi connectivity index (χ4n) is 1.36. The predicted molar refractivity (Wildman–Crippen MR) is 65.5 cm³/mol. The van der Waals surface area contributed by atoms with E-state index in [1.165, 1.54) is 12.1 Å². The highest BCUT2D eigenvalue weighted by molar-refractivity contribution is 9.10. The third kappa shape index (κ3) is 2.92. The number of hydrogen-bond acceptors (Lipinski definition) is 4. The van der Waals surface area contributed by atoms with Gasteiger partial charge in [-0.15, -0.1) is 0 Å². The Bertz CT molecular complexity index is 585. The zero-order valence-corrected chi connectivity index (χ0v) is 11.0. The monoisotopic (exact) mass is 313 g/mol. The van der Waals surface area contributed by atoms with Gasteiger partial charge in [-0.05, 0) is 29.8 Å². The van der Waals surface area contributed by atoms with Gasteiger partial charge in [-0.1, -0.05) is 27.2 Å². The molecule has 5 nitrogen and oxygen atoms in total. The van der Waals surface area contributed by atoms with Crippen LogP contribution in [0.1, 0.15) is 11.3 Å². The SMILES string of the molecule is Cc1nonc1NC(=O)Cc1ccc(F)cc1Br. The summed E-state index contributed by atoms with van der Waals surface area (Å²) in [6, 6.07) is 4.16. The molecular formula is C11H9BrFN3O2. The van der Waals surface area contributed by atoms with Crippen molar-refractivity contribution in [2.45, 2.75) is 13.3 Å². The fourth-order valence-corrected chi connectivity index (χ4v) is 1.85. The molecule has 7 heteroatoms. The lowest BCUT2D eigenvalue weighted by Crippen LogP contribution is -2.15. The van der Waals surface area contributed by atoms with E-state index in [0.717, 1.165) is 0 Å². The molecule has 0 radical (unpaired) electrons. The smallest absolute Gasteiger partial charge is 0.230 e. The van der Waals surface area contributed by atoms with Crippen LogP contribution in [0.5, 0.6) is 0 Å². The molecule has 1 amide bonds. The summed E-state index contributed by atoms with van der Waals surface area (Å²) < 4.78 is 17.9. The van der Waals surface area contributed by atoms with E-state index in [4.69, 9.17) is 0 Å². The summed E-state index contributed by atoms with van der Waals surface area (Å²) in [5.41, 5.74) is 1.18.